The van der Waals surface area contributed by atoms with Crippen LogP contribution in [-0.2, 0) is 11.2 Å². The molecule has 19 heavy (non-hydrogen) atoms. The monoisotopic (exact) mass is 280 g/mol. The van der Waals surface area contributed by atoms with Crippen LogP contribution in [0.15, 0.2) is 0 Å². The highest BCUT2D eigenvalue weighted by Crippen LogP contribution is 2.40. The maximum Gasteiger partial charge on any atom is 0.312 e. The van der Waals surface area contributed by atoms with Crippen LogP contribution < -0.4 is 4.90 Å². The number of fused-ring (bicyclic) bond motifs is 1. The van der Waals surface area contributed by atoms with Gasteiger partial charge in [-0.15, -0.1) is 11.3 Å². The van der Waals surface area contributed by atoms with Crippen LogP contribution in [0.3, 0.4) is 0 Å². The van der Waals surface area contributed by atoms with Gasteiger partial charge in [0, 0.05) is 18.0 Å². The number of carboxylic acid groups (broad SMARTS) is 1. The minimum atomic E-state index is -0.722. The molecule has 1 saturated heterocycles. The zero-order valence-corrected chi connectivity index (χ0v) is 12.1. The number of carboxylic acids is 1. The van der Waals surface area contributed by atoms with Gasteiger partial charge in [-0.2, -0.15) is 0 Å². The van der Waals surface area contributed by atoms with E-state index in [1.165, 1.54) is 24.1 Å². The summed E-state index contributed by atoms with van der Waals surface area (Å²) in [6, 6.07) is 0. The Labute approximate surface area is 117 Å². The van der Waals surface area contributed by atoms with Crippen molar-refractivity contribution in [3.05, 3.63) is 10.6 Å². The van der Waals surface area contributed by atoms with Gasteiger partial charge in [0.15, 0.2) is 5.13 Å². The minimum absolute atomic E-state index is 0.369. The number of aromatic nitrogens is 1. The second-order valence-electron chi connectivity index (χ2n) is 5.60. The predicted molar refractivity (Wildman–Crippen MR) is 76.0 cm³/mol. The topological polar surface area (TPSA) is 53.4 Å². The van der Waals surface area contributed by atoms with Crippen LogP contribution in [0.4, 0.5) is 5.13 Å². The third-order valence-corrected chi connectivity index (χ3v) is 5.56. The van der Waals surface area contributed by atoms with E-state index in [1.807, 2.05) is 0 Å². The minimum Gasteiger partial charge on any atom is -0.481 e. The van der Waals surface area contributed by atoms with Crippen molar-refractivity contribution >= 4 is 22.4 Å². The molecule has 0 amide bonds. The highest BCUT2D eigenvalue weighted by Gasteiger charge is 2.33. The lowest BCUT2D eigenvalue weighted by Gasteiger charge is -2.32. The van der Waals surface area contributed by atoms with E-state index in [9.17, 15) is 9.90 Å². The summed E-state index contributed by atoms with van der Waals surface area (Å²) in [7, 11) is 0. The number of piperidine rings is 1. The average Bonchev–Trinajstić information content (AvgIpc) is 2.98. The first kappa shape index (κ1) is 12.9. The highest BCUT2D eigenvalue weighted by molar-refractivity contribution is 7.15. The number of anilines is 1. The molecule has 1 aliphatic carbocycles. The molecular formula is C14H20N2O2S. The summed E-state index contributed by atoms with van der Waals surface area (Å²) in [6.07, 6.45) is 5.37. The van der Waals surface area contributed by atoms with Gasteiger partial charge in [-0.3, -0.25) is 4.79 Å². The van der Waals surface area contributed by atoms with Crippen LogP contribution in [0, 0.1) is 5.92 Å². The van der Waals surface area contributed by atoms with Gasteiger partial charge in [0.1, 0.15) is 5.92 Å². The molecule has 1 aromatic rings. The number of aryl methyl sites for hydroxylation is 1. The van der Waals surface area contributed by atoms with E-state index in [2.05, 4.69) is 16.8 Å². The molecule has 0 spiro atoms. The smallest absolute Gasteiger partial charge is 0.312 e. The van der Waals surface area contributed by atoms with Crippen molar-refractivity contribution in [2.45, 2.75) is 44.9 Å². The largest absolute Gasteiger partial charge is 0.481 e. The predicted octanol–water partition coefficient (Wildman–Crippen LogP) is 2.88. The molecule has 1 aromatic heterocycles. The van der Waals surface area contributed by atoms with E-state index < -0.39 is 5.97 Å². The SMILES string of the molecule is CCC1CCCN(c2nc3c(s2)CCC3C(=O)O)C1. The second-order valence-corrected chi connectivity index (χ2v) is 6.66. The zero-order chi connectivity index (χ0) is 13.4. The molecule has 104 valence electrons. The molecule has 0 saturated carbocycles. The lowest BCUT2D eigenvalue weighted by Crippen LogP contribution is -2.35. The van der Waals surface area contributed by atoms with Crippen molar-refractivity contribution in [2.24, 2.45) is 5.92 Å². The first-order valence-corrected chi connectivity index (χ1v) is 7.98. The van der Waals surface area contributed by atoms with Crippen molar-refractivity contribution in [2.75, 3.05) is 18.0 Å². The third-order valence-electron chi connectivity index (χ3n) is 4.37. The first-order valence-electron chi connectivity index (χ1n) is 7.16. The third kappa shape index (κ3) is 2.36. The molecule has 2 aliphatic rings. The Hall–Kier alpha value is -1.10. The molecule has 5 heteroatoms. The number of nitrogens with zero attached hydrogens (tertiary/aromatic N) is 2. The Morgan fingerprint density at radius 3 is 3.11 bits per heavy atom. The van der Waals surface area contributed by atoms with Gasteiger partial charge < -0.3 is 10.0 Å². The Morgan fingerprint density at radius 1 is 1.53 bits per heavy atom. The van der Waals surface area contributed by atoms with Gasteiger partial charge in [-0.25, -0.2) is 4.98 Å². The van der Waals surface area contributed by atoms with Crippen molar-refractivity contribution in [3.63, 3.8) is 0 Å². The number of thiazole rings is 1. The van der Waals surface area contributed by atoms with E-state index >= 15 is 0 Å². The molecule has 2 heterocycles. The van der Waals surface area contributed by atoms with E-state index in [-0.39, 0.29) is 5.92 Å². The van der Waals surface area contributed by atoms with Crippen LogP contribution in [0.1, 0.15) is 49.1 Å². The molecule has 4 nitrogen and oxygen atoms in total. The van der Waals surface area contributed by atoms with Gasteiger partial charge in [0.2, 0.25) is 0 Å². The summed E-state index contributed by atoms with van der Waals surface area (Å²) in [5.41, 5.74) is 0.839. The van der Waals surface area contributed by atoms with Crippen LogP contribution in [0.25, 0.3) is 0 Å². The Bertz CT molecular complexity index is 486. The first-order chi connectivity index (χ1) is 9.19. The summed E-state index contributed by atoms with van der Waals surface area (Å²) in [6.45, 7) is 4.40. The Balaban J connectivity index is 1.80. The van der Waals surface area contributed by atoms with E-state index in [0.717, 1.165) is 42.7 Å². The molecular weight excluding hydrogens is 260 g/mol. The van der Waals surface area contributed by atoms with Gasteiger partial charge in [0.05, 0.1) is 5.69 Å². The van der Waals surface area contributed by atoms with Gasteiger partial charge in [0.25, 0.3) is 0 Å². The lowest BCUT2D eigenvalue weighted by molar-refractivity contribution is -0.138. The van der Waals surface area contributed by atoms with Crippen molar-refractivity contribution < 1.29 is 9.90 Å². The van der Waals surface area contributed by atoms with Crippen LogP contribution in [0.5, 0.6) is 0 Å². The van der Waals surface area contributed by atoms with Crippen molar-refractivity contribution in [3.8, 4) is 0 Å². The molecule has 1 aliphatic heterocycles. The molecule has 0 radical (unpaired) electrons. The maximum atomic E-state index is 11.2. The fourth-order valence-electron chi connectivity index (χ4n) is 3.16. The van der Waals surface area contributed by atoms with Crippen molar-refractivity contribution in [1.29, 1.82) is 0 Å². The molecule has 3 rings (SSSR count). The number of carbonyl (C=O) groups is 1. The van der Waals surface area contributed by atoms with E-state index in [0.29, 0.717) is 0 Å². The summed E-state index contributed by atoms with van der Waals surface area (Å²) >= 11 is 1.71. The Kier molecular flexibility index (Phi) is 3.48. The quantitative estimate of drug-likeness (QED) is 0.925. The van der Waals surface area contributed by atoms with Gasteiger partial charge in [-0.05, 0) is 31.6 Å². The summed E-state index contributed by atoms with van der Waals surface area (Å²) in [5.74, 6) is -0.324. The number of rotatable bonds is 3. The normalized spacial score (nSPS) is 26.5. The second kappa shape index (κ2) is 5.12. The average molecular weight is 280 g/mol. The summed E-state index contributed by atoms with van der Waals surface area (Å²) in [4.78, 5) is 19.4. The van der Waals surface area contributed by atoms with Crippen molar-refractivity contribution in [1.82, 2.24) is 4.98 Å². The number of hydrogen-bond donors (Lipinski definition) is 1. The zero-order valence-electron chi connectivity index (χ0n) is 11.3. The molecule has 1 N–H and O–H groups in total. The lowest BCUT2D eigenvalue weighted by atomic mass is 9.96. The molecule has 0 bridgehead atoms. The van der Waals surface area contributed by atoms with Crippen LogP contribution in [-0.4, -0.2) is 29.1 Å². The Morgan fingerprint density at radius 2 is 2.37 bits per heavy atom. The number of hydrogen-bond acceptors (Lipinski definition) is 4. The van der Waals surface area contributed by atoms with Gasteiger partial charge in [-0.1, -0.05) is 13.3 Å². The van der Waals surface area contributed by atoms with Crippen LogP contribution in [0.2, 0.25) is 0 Å². The standard InChI is InChI=1S/C14H20N2O2S/c1-2-9-4-3-7-16(8-9)14-15-12-10(13(17)18)5-6-11(12)19-14/h9-10H,2-8H2,1H3,(H,17,18). The number of aliphatic carboxylic acids is 1. The van der Waals surface area contributed by atoms with E-state index in [4.69, 9.17) is 0 Å². The summed E-state index contributed by atoms with van der Waals surface area (Å²) in [5, 5.41) is 10.3. The van der Waals surface area contributed by atoms with E-state index in [1.54, 1.807) is 11.3 Å². The van der Waals surface area contributed by atoms with Crippen LogP contribution >= 0.6 is 11.3 Å². The fourth-order valence-corrected chi connectivity index (χ4v) is 4.33. The summed E-state index contributed by atoms with van der Waals surface area (Å²) < 4.78 is 0. The molecule has 2 atom stereocenters. The molecule has 2 unspecified atom stereocenters. The fraction of sp³-hybridized carbons (Fsp3) is 0.714. The van der Waals surface area contributed by atoms with Gasteiger partial charge >= 0.3 is 5.97 Å². The molecule has 0 aromatic carbocycles. The molecule has 1 fully saturated rings. The maximum absolute atomic E-state index is 11.2. The highest BCUT2D eigenvalue weighted by atomic mass is 32.1.